The molecule has 3 N–H and O–H groups in total. The van der Waals surface area contributed by atoms with Crippen LogP contribution in [0.4, 0.5) is 0 Å². The van der Waals surface area contributed by atoms with Gasteiger partial charge in [-0.05, 0) is 52.7 Å². The van der Waals surface area contributed by atoms with Gasteiger partial charge >= 0.3 is 5.97 Å². The molecule has 0 aliphatic carbocycles. The first-order valence-electron chi connectivity index (χ1n) is 6.11. The zero-order valence-electron chi connectivity index (χ0n) is 10.2. The molecular weight excluding hydrogens is 308 g/mol. The molecule has 1 aromatic heterocycles. The molecule has 19 heavy (non-hydrogen) atoms. The van der Waals surface area contributed by atoms with E-state index in [0.717, 1.165) is 40.6 Å². The van der Waals surface area contributed by atoms with E-state index < -0.39 is 5.97 Å². The third-order valence-electron chi connectivity index (χ3n) is 3.30. The smallest absolute Gasteiger partial charge is 0.335 e. The summed E-state index contributed by atoms with van der Waals surface area (Å²) in [6.45, 7) is 1.85. The highest BCUT2D eigenvalue weighted by Crippen LogP contribution is 2.29. The lowest BCUT2D eigenvalue weighted by atomic mass is 10.1. The van der Waals surface area contributed by atoms with Gasteiger partial charge in [0.25, 0.3) is 0 Å². The van der Waals surface area contributed by atoms with Gasteiger partial charge in [0.2, 0.25) is 0 Å². The zero-order valence-corrected chi connectivity index (χ0v) is 11.8. The van der Waals surface area contributed by atoms with Crippen molar-refractivity contribution < 1.29 is 9.90 Å². The summed E-state index contributed by atoms with van der Waals surface area (Å²) in [5.74, 6) is -0.913. The lowest BCUT2D eigenvalue weighted by Crippen LogP contribution is -2.21. The zero-order chi connectivity index (χ0) is 13.4. The highest BCUT2D eigenvalue weighted by atomic mass is 79.9. The SMILES string of the molecule is O=C(O)c1cc(Br)c2[nH]c(C3=CCCNC3)cc2c1. The summed E-state index contributed by atoms with van der Waals surface area (Å²) in [6, 6.07) is 5.32. The molecule has 0 bridgehead atoms. The number of nitrogens with one attached hydrogen (secondary N) is 2. The Morgan fingerprint density at radius 3 is 2.84 bits per heavy atom. The Morgan fingerprint density at radius 2 is 2.16 bits per heavy atom. The molecule has 1 aromatic carbocycles. The molecule has 4 nitrogen and oxygen atoms in total. The molecule has 2 aromatic rings. The van der Waals surface area contributed by atoms with Gasteiger partial charge in [-0.3, -0.25) is 0 Å². The second kappa shape index (κ2) is 4.83. The number of halogens is 1. The third kappa shape index (κ3) is 2.31. The van der Waals surface area contributed by atoms with Crippen molar-refractivity contribution in [2.45, 2.75) is 6.42 Å². The number of hydrogen-bond acceptors (Lipinski definition) is 2. The fourth-order valence-electron chi connectivity index (χ4n) is 2.35. The minimum absolute atomic E-state index is 0.292. The minimum Gasteiger partial charge on any atom is -0.478 e. The average molecular weight is 321 g/mol. The molecule has 0 saturated heterocycles. The van der Waals surface area contributed by atoms with Gasteiger partial charge in [0.05, 0.1) is 11.1 Å². The maximum Gasteiger partial charge on any atom is 0.335 e. The summed E-state index contributed by atoms with van der Waals surface area (Å²) in [7, 11) is 0. The maximum atomic E-state index is 11.1. The van der Waals surface area contributed by atoms with E-state index in [0.29, 0.717) is 5.56 Å². The predicted octanol–water partition coefficient (Wildman–Crippen LogP) is 3.01. The first-order valence-corrected chi connectivity index (χ1v) is 6.90. The number of fused-ring (bicyclic) bond motifs is 1. The standard InChI is InChI=1S/C14H13BrN2O2/c15-11-5-10(14(18)19)4-9-6-12(17-13(9)11)8-2-1-3-16-7-8/h2,4-6,16-17H,1,3,7H2,(H,18,19). The van der Waals surface area contributed by atoms with Crippen molar-refractivity contribution in [1.82, 2.24) is 10.3 Å². The van der Waals surface area contributed by atoms with Crippen LogP contribution in [0.1, 0.15) is 22.5 Å². The summed E-state index contributed by atoms with van der Waals surface area (Å²) in [4.78, 5) is 14.4. The molecule has 0 atom stereocenters. The molecule has 3 rings (SSSR count). The normalized spacial score (nSPS) is 15.5. The summed E-state index contributed by atoms with van der Waals surface area (Å²) in [5, 5.41) is 13.3. The molecule has 0 unspecified atom stereocenters. The molecule has 1 aliphatic heterocycles. The van der Waals surface area contributed by atoms with Crippen molar-refractivity contribution in [3.63, 3.8) is 0 Å². The first-order chi connectivity index (χ1) is 9.15. The lowest BCUT2D eigenvalue weighted by Gasteiger charge is -2.12. The summed E-state index contributed by atoms with van der Waals surface area (Å²) < 4.78 is 0.776. The van der Waals surface area contributed by atoms with E-state index in [-0.39, 0.29) is 0 Å². The fraction of sp³-hybridized carbons (Fsp3) is 0.214. The molecule has 5 heteroatoms. The molecule has 2 heterocycles. The van der Waals surface area contributed by atoms with Gasteiger partial charge in [-0.25, -0.2) is 4.79 Å². The number of carbonyl (C=O) groups is 1. The highest BCUT2D eigenvalue weighted by molar-refractivity contribution is 9.10. The van der Waals surface area contributed by atoms with Gasteiger partial charge in [-0.2, -0.15) is 0 Å². The van der Waals surface area contributed by atoms with Gasteiger partial charge in [-0.1, -0.05) is 6.08 Å². The fourth-order valence-corrected chi connectivity index (χ4v) is 2.92. The molecule has 0 spiro atoms. The van der Waals surface area contributed by atoms with E-state index in [1.165, 1.54) is 5.57 Å². The van der Waals surface area contributed by atoms with E-state index in [1.807, 2.05) is 6.07 Å². The maximum absolute atomic E-state index is 11.1. The van der Waals surface area contributed by atoms with Crippen LogP contribution in [0.25, 0.3) is 16.5 Å². The van der Waals surface area contributed by atoms with E-state index in [2.05, 4.69) is 32.3 Å². The van der Waals surface area contributed by atoms with Gasteiger partial charge < -0.3 is 15.4 Å². The van der Waals surface area contributed by atoms with E-state index in [1.54, 1.807) is 12.1 Å². The molecule has 98 valence electrons. The van der Waals surface area contributed by atoms with Gasteiger partial charge in [0.1, 0.15) is 0 Å². The van der Waals surface area contributed by atoms with Crippen LogP contribution in [0.5, 0.6) is 0 Å². The molecule has 0 fully saturated rings. The Hall–Kier alpha value is -1.59. The Kier molecular flexibility index (Phi) is 3.16. The number of carboxylic acid groups (broad SMARTS) is 1. The Balaban J connectivity index is 2.12. The highest BCUT2D eigenvalue weighted by Gasteiger charge is 2.13. The molecular formula is C14H13BrN2O2. The number of hydrogen-bond donors (Lipinski definition) is 3. The van der Waals surface area contributed by atoms with Crippen LogP contribution < -0.4 is 5.32 Å². The second-order valence-corrected chi connectivity index (χ2v) is 5.46. The van der Waals surface area contributed by atoms with Crippen LogP contribution in [0.2, 0.25) is 0 Å². The van der Waals surface area contributed by atoms with E-state index >= 15 is 0 Å². The second-order valence-electron chi connectivity index (χ2n) is 4.61. The van der Waals surface area contributed by atoms with Crippen molar-refractivity contribution in [1.29, 1.82) is 0 Å². The quantitative estimate of drug-likeness (QED) is 0.797. The number of carboxylic acids is 1. The van der Waals surface area contributed by atoms with Gasteiger partial charge in [0, 0.05) is 22.1 Å². The average Bonchev–Trinajstić information content (AvgIpc) is 2.84. The van der Waals surface area contributed by atoms with Crippen molar-refractivity contribution in [3.8, 4) is 0 Å². The predicted molar refractivity (Wildman–Crippen MR) is 78.4 cm³/mol. The number of benzene rings is 1. The Labute approximate surface area is 118 Å². The number of aromatic nitrogens is 1. The number of H-pyrrole nitrogens is 1. The van der Waals surface area contributed by atoms with Crippen LogP contribution in [0.15, 0.2) is 28.7 Å². The monoisotopic (exact) mass is 320 g/mol. The third-order valence-corrected chi connectivity index (χ3v) is 3.93. The van der Waals surface area contributed by atoms with Crippen molar-refractivity contribution >= 4 is 38.4 Å². The van der Waals surface area contributed by atoms with Gasteiger partial charge in [-0.15, -0.1) is 0 Å². The van der Waals surface area contributed by atoms with E-state index in [9.17, 15) is 4.79 Å². The topological polar surface area (TPSA) is 65.1 Å². The summed E-state index contributed by atoms with van der Waals surface area (Å²) >= 11 is 3.42. The molecule has 0 radical (unpaired) electrons. The molecule has 0 amide bonds. The number of aromatic amines is 1. The van der Waals surface area contributed by atoms with Crippen molar-refractivity contribution in [2.24, 2.45) is 0 Å². The first kappa shape index (κ1) is 12.4. The van der Waals surface area contributed by atoms with E-state index in [4.69, 9.17) is 5.11 Å². The van der Waals surface area contributed by atoms with Crippen LogP contribution in [-0.2, 0) is 0 Å². The lowest BCUT2D eigenvalue weighted by molar-refractivity contribution is 0.0697. The van der Waals surface area contributed by atoms with Crippen molar-refractivity contribution in [2.75, 3.05) is 13.1 Å². The van der Waals surface area contributed by atoms with Crippen LogP contribution >= 0.6 is 15.9 Å². The molecule has 1 aliphatic rings. The Morgan fingerprint density at radius 1 is 1.32 bits per heavy atom. The summed E-state index contributed by atoms with van der Waals surface area (Å²) in [5.41, 5.74) is 3.50. The minimum atomic E-state index is -0.913. The number of rotatable bonds is 2. The van der Waals surface area contributed by atoms with Crippen LogP contribution in [-0.4, -0.2) is 29.1 Å². The van der Waals surface area contributed by atoms with Crippen molar-refractivity contribution in [3.05, 3.63) is 40.0 Å². The van der Waals surface area contributed by atoms with Crippen LogP contribution in [0.3, 0.4) is 0 Å². The molecule has 0 saturated carbocycles. The largest absolute Gasteiger partial charge is 0.478 e. The summed E-state index contributed by atoms with van der Waals surface area (Å²) in [6.07, 6.45) is 3.24. The Bertz CT molecular complexity index is 688. The number of aromatic carboxylic acids is 1. The van der Waals surface area contributed by atoms with Gasteiger partial charge in [0.15, 0.2) is 0 Å². The van der Waals surface area contributed by atoms with Crippen LogP contribution in [0, 0.1) is 0 Å².